The molecule has 0 atom stereocenters. The Morgan fingerprint density at radius 2 is 0.885 bits per heavy atom. The van der Waals surface area contributed by atoms with Crippen LogP contribution in [0.1, 0.15) is 0 Å². The number of hydrogen-bond donors (Lipinski definition) is 0. The molecule has 0 saturated heterocycles. The van der Waals surface area contributed by atoms with Gasteiger partial charge in [-0.3, -0.25) is 0 Å². The van der Waals surface area contributed by atoms with Crippen LogP contribution in [-0.4, -0.2) is 19.9 Å². The first-order valence-electron chi connectivity index (χ1n) is 17.1. The number of oxazole rings is 1. The van der Waals surface area contributed by atoms with E-state index in [2.05, 4.69) is 103 Å². The van der Waals surface area contributed by atoms with E-state index in [9.17, 15) is 0 Å². The Morgan fingerprint density at radius 1 is 0.385 bits per heavy atom. The monoisotopic (exact) mass is 684 g/mol. The Kier molecular flexibility index (Phi) is 7.25. The second kappa shape index (κ2) is 12.5. The van der Waals surface area contributed by atoms with Crippen molar-refractivity contribution < 1.29 is 4.42 Å². The van der Waals surface area contributed by atoms with Crippen molar-refractivity contribution in [3.05, 3.63) is 170 Å². The third-order valence-corrected chi connectivity index (χ3v) is 10.5. The van der Waals surface area contributed by atoms with Crippen LogP contribution >= 0.6 is 11.3 Å². The number of benzene rings is 7. The highest BCUT2D eigenvalue weighted by Gasteiger charge is 2.19. The molecule has 244 valence electrons. The van der Waals surface area contributed by atoms with Gasteiger partial charge in [-0.1, -0.05) is 140 Å². The van der Waals surface area contributed by atoms with Crippen LogP contribution in [0, 0.1) is 0 Å². The average molecular weight is 685 g/mol. The lowest BCUT2D eigenvalue weighted by molar-refractivity contribution is 0.620. The summed E-state index contributed by atoms with van der Waals surface area (Å²) in [6.45, 7) is 0. The summed E-state index contributed by atoms with van der Waals surface area (Å²) in [6.07, 6.45) is 0. The topological polar surface area (TPSA) is 64.7 Å². The van der Waals surface area contributed by atoms with Crippen molar-refractivity contribution in [1.82, 2.24) is 19.9 Å². The van der Waals surface area contributed by atoms with Gasteiger partial charge in [0.1, 0.15) is 5.52 Å². The molecule has 0 N–H and O–H groups in total. The lowest BCUT2D eigenvalue weighted by Gasteiger charge is -2.10. The molecule has 3 heterocycles. The maximum atomic E-state index is 6.23. The SMILES string of the molecule is c1ccc(-c2ccc(-c3ccc(-c4nc(-c5ccccc5)nc(-c5cccc6sc7cc8oc(-c9ccccc9)nc8cc7c56)n4)cc3)cc2)cc1. The van der Waals surface area contributed by atoms with Gasteiger partial charge in [0.05, 0.1) is 0 Å². The van der Waals surface area contributed by atoms with Crippen LogP contribution in [0.5, 0.6) is 0 Å². The summed E-state index contributed by atoms with van der Waals surface area (Å²) < 4.78 is 8.49. The Labute approximate surface area is 303 Å². The van der Waals surface area contributed by atoms with Gasteiger partial charge in [-0.05, 0) is 46.5 Å². The zero-order chi connectivity index (χ0) is 34.4. The number of aromatic nitrogens is 4. The number of rotatable bonds is 6. The summed E-state index contributed by atoms with van der Waals surface area (Å²) in [5.41, 5.74) is 10.0. The standard InChI is InChI=1S/C46H28N4OS/c1-4-11-29(12-5-1)30-19-21-31(22-20-30)32-23-25-34(26-24-32)44-48-43(33-13-6-2-7-14-33)49-45(50-44)36-17-10-18-40-42(36)37-27-38-39(28-41(37)52-40)51-46(47-38)35-15-8-3-9-16-35/h1-28H. The molecule has 7 aromatic carbocycles. The van der Waals surface area contributed by atoms with Gasteiger partial charge in [0.15, 0.2) is 23.1 Å². The molecule has 0 radical (unpaired) electrons. The molecule has 0 aliphatic rings. The molecule has 6 heteroatoms. The van der Waals surface area contributed by atoms with Gasteiger partial charge < -0.3 is 4.42 Å². The van der Waals surface area contributed by atoms with E-state index in [-0.39, 0.29) is 0 Å². The smallest absolute Gasteiger partial charge is 0.227 e. The molecule has 10 aromatic rings. The minimum Gasteiger partial charge on any atom is -0.436 e. The minimum absolute atomic E-state index is 0.614. The Hall–Kier alpha value is -6.76. The van der Waals surface area contributed by atoms with Gasteiger partial charge in [0, 0.05) is 48.5 Å². The predicted molar refractivity (Wildman–Crippen MR) is 213 cm³/mol. The third-order valence-electron chi connectivity index (χ3n) is 9.40. The van der Waals surface area contributed by atoms with Crippen molar-refractivity contribution in [2.24, 2.45) is 0 Å². The first kappa shape index (κ1) is 30.1. The van der Waals surface area contributed by atoms with E-state index in [0.717, 1.165) is 64.7 Å². The van der Waals surface area contributed by atoms with E-state index in [4.69, 9.17) is 24.4 Å². The fraction of sp³-hybridized carbons (Fsp3) is 0. The zero-order valence-corrected chi connectivity index (χ0v) is 28.6. The molecule has 0 spiro atoms. The molecule has 0 amide bonds. The van der Waals surface area contributed by atoms with Gasteiger partial charge in [-0.15, -0.1) is 11.3 Å². The molecule has 0 aliphatic heterocycles. The molecule has 3 aromatic heterocycles. The summed E-state index contributed by atoms with van der Waals surface area (Å²) in [5.74, 6) is 2.49. The molecule has 0 aliphatic carbocycles. The molecule has 0 fully saturated rings. The van der Waals surface area contributed by atoms with Crippen molar-refractivity contribution in [2.75, 3.05) is 0 Å². The largest absolute Gasteiger partial charge is 0.436 e. The van der Waals surface area contributed by atoms with Crippen LogP contribution in [0.3, 0.4) is 0 Å². The molecular formula is C46H28N4OS. The quantitative estimate of drug-likeness (QED) is 0.174. The summed E-state index contributed by atoms with van der Waals surface area (Å²) in [5, 5.41) is 2.20. The van der Waals surface area contributed by atoms with E-state index >= 15 is 0 Å². The summed E-state index contributed by atoms with van der Waals surface area (Å²) >= 11 is 1.73. The van der Waals surface area contributed by atoms with Crippen LogP contribution < -0.4 is 0 Å². The predicted octanol–water partition coefficient (Wildman–Crippen LogP) is 12.4. The van der Waals surface area contributed by atoms with Crippen LogP contribution in [0.4, 0.5) is 0 Å². The lowest BCUT2D eigenvalue weighted by atomic mass is 9.99. The second-order valence-electron chi connectivity index (χ2n) is 12.7. The molecule has 10 rings (SSSR count). The first-order chi connectivity index (χ1) is 25.7. The van der Waals surface area contributed by atoms with E-state index in [0.29, 0.717) is 23.4 Å². The maximum absolute atomic E-state index is 6.23. The van der Waals surface area contributed by atoms with Gasteiger partial charge in [-0.2, -0.15) is 0 Å². The van der Waals surface area contributed by atoms with Crippen LogP contribution in [-0.2, 0) is 0 Å². The van der Waals surface area contributed by atoms with Crippen molar-refractivity contribution in [3.63, 3.8) is 0 Å². The number of hydrogen-bond acceptors (Lipinski definition) is 6. The van der Waals surface area contributed by atoms with Crippen LogP contribution in [0.2, 0.25) is 0 Å². The van der Waals surface area contributed by atoms with E-state index in [1.165, 1.54) is 11.1 Å². The highest BCUT2D eigenvalue weighted by atomic mass is 32.1. The van der Waals surface area contributed by atoms with Gasteiger partial charge in [-0.25, -0.2) is 19.9 Å². The van der Waals surface area contributed by atoms with Crippen LogP contribution in [0.25, 0.3) is 99.1 Å². The summed E-state index contributed by atoms with van der Waals surface area (Å²) in [4.78, 5) is 20.1. The highest BCUT2D eigenvalue weighted by Crippen LogP contribution is 2.42. The molecule has 0 unspecified atom stereocenters. The second-order valence-corrected chi connectivity index (χ2v) is 13.8. The Bertz CT molecular complexity index is 2870. The Balaban J connectivity index is 1.07. The fourth-order valence-electron chi connectivity index (χ4n) is 6.78. The van der Waals surface area contributed by atoms with Gasteiger partial charge in [0.2, 0.25) is 5.89 Å². The Morgan fingerprint density at radius 3 is 1.50 bits per heavy atom. The van der Waals surface area contributed by atoms with Crippen molar-refractivity contribution >= 4 is 42.6 Å². The average Bonchev–Trinajstić information content (AvgIpc) is 3.81. The van der Waals surface area contributed by atoms with E-state index in [1.807, 2.05) is 66.7 Å². The number of nitrogens with zero attached hydrogens (tertiary/aromatic N) is 4. The molecular weight excluding hydrogens is 657 g/mol. The van der Waals surface area contributed by atoms with Gasteiger partial charge >= 0.3 is 0 Å². The normalized spacial score (nSPS) is 11.5. The molecule has 52 heavy (non-hydrogen) atoms. The highest BCUT2D eigenvalue weighted by molar-refractivity contribution is 7.26. The lowest BCUT2D eigenvalue weighted by Crippen LogP contribution is -2.00. The maximum Gasteiger partial charge on any atom is 0.227 e. The van der Waals surface area contributed by atoms with Crippen molar-refractivity contribution in [3.8, 4) is 67.9 Å². The van der Waals surface area contributed by atoms with Crippen molar-refractivity contribution in [2.45, 2.75) is 0 Å². The minimum atomic E-state index is 0.614. The number of fused-ring (bicyclic) bond motifs is 4. The third kappa shape index (κ3) is 5.43. The zero-order valence-electron chi connectivity index (χ0n) is 27.8. The molecule has 0 bridgehead atoms. The van der Waals surface area contributed by atoms with E-state index < -0.39 is 0 Å². The van der Waals surface area contributed by atoms with Crippen LogP contribution in [0.15, 0.2) is 174 Å². The number of thiophene rings is 1. The molecule has 0 saturated carbocycles. The fourth-order valence-corrected chi connectivity index (χ4v) is 7.92. The van der Waals surface area contributed by atoms with E-state index in [1.54, 1.807) is 11.3 Å². The first-order valence-corrected chi connectivity index (χ1v) is 17.9. The summed E-state index contributed by atoms with van der Waals surface area (Å²) in [7, 11) is 0. The molecule has 5 nitrogen and oxygen atoms in total. The summed E-state index contributed by atoms with van der Waals surface area (Å²) in [6, 6.07) is 58.3. The van der Waals surface area contributed by atoms with Gasteiger partial charge in [0.25, 0.3) is 0 Å². The van der Waals surface area contributed by atoms with Crippen molar-refractivity contribution in [1.29, 1.82) is 0 Å².